The number of ketones is 1. The van der Waals surface area contributed by atoms with E-state index in [9.17, 15) is 19.5 Å². The third-order valence-electron chi connectivity index (χ3n) is 6.31. The first-order valence-electron chi connectivity index (χ1n) is 11.6. The second kappa shape index (κ2) is 10.5. The van der Waals surface area contributed by atoms with Crippen molar-refractivity contribution in [3.8, 4) is 11.1 Å². The second-order valence-corrected chi connectivity index (χ2v) is 10.0. The van der Waals surface area contributed by atoms with Gasteiger partial charge in [-0.3, -0.25) is 14.4 Å². The Balaban J connectivity index is 1.79. The van der Waals surface area contributed by atoms with Crippen LogP contribution in [0, 0.1) is 5.41 Å². The standard InChI is InChI=1S/C27H35N3O4/c1-17(31)23(20-13-11-19(12-14-20)18-9-7-6-8-10-18)29-25(33)22-15-21(32)16-30(22)26(34)24(28-5)27(2,3)4/h6-14,21-24,28,32H,15-16H2,1-5H3,(H,29,33)/t21-,22+,23?,24-/m1/s1. The average molecular weight is 466 g/mol. The van der Waals surface area contributed by atoms with Crippen LogP contribution in [-0.4, -0.2) is 59.4 Å². The van der Waals surface area contributed by atoms with Gasteiger partial charge in [0, 0.05) is 13.0 Å². The number of hydrogen-bond donors (Lipinski definition) is 3. The third kappa shape index (κ3) is 5.72. The van der Waals surface area contributed by atoms with Crippen LogP contribution in [0.4, 0.5) is 0 Å². The number of aliphatic hydroxyl groups is 1. The van der Waals surface area contributed by atoms with Crippen molar-refractivity contribution in [2.45, 2.75) is 58.3 Å². The summed E-state index contributed by atoms with van der Waals surface area (Å²) < 4.78 is 0. The average Bonchev–Trinajstić information content (AvgIpc) is 3.19. The molecule has 7 heteroatoms. The zero-order valence-electron chi connectivity index (χ0n) is 20.5. The smallest absolute Gasteiger partial charge is 0.243 e. The van der Waals surface area contributed by atoms with E-state index in [4.69, 9.17) is 0 Å². The quantitative estimate of drug-likeness (QED) is 0.584. The van der Waals surface area contributed by atoms with Crippen molar-refractivity contribution in [3.05, 3.63) is 60.2 Å². The molecule has 1 fully saturated rings. The van der Waals surface area contributed by atoms with Gasteiger partial charge in [0.1, 0.15) is 12.1 Å². The number of nitrogens with zero attached hydrogens (tertiary/aromatic N) is 1. The number of hydrogen-bond acceptors (Lipinski definition) is 5. The number of rotatable bonds is 7. The van der Waals surface area contributed by atoms with Crippen molar-refractivity contribution in [1.82, 2.24) is 15.5 Å². The highest BCUT2D eigenvalue weighted by molar-refractivity contribution is 5.94. The zero-order chi connectivity index (χ0) is 25.0. The lowest BCUT2D eigenvalue weighted by Crippen LogP contribution is -2.56. The zero-order valence-corrected chi connectivity index (χ0v) is 20.5. The number of carbonyl (C=O) groups excluding carboxylic acids is 3. The molecular formula is C27H35N3O4. The van der Waals surface area contributed by atoms with Crippen LogP contribution in [0.15, 0.2) is 54.6 Å². The molecule has 3 N–H and O–H groups in total. The summed E-state index contributed by atoms with van der Waals surface area (Å²) >= 11 is 0. The molecule has 34 heavy (non-hydrogen) atoms. The van der Waals surface area contributed by atoms with E-state index in [-0.39, 0.29) is 30.1 Å². The van der Waals surface area contributed by atoms with E-state index in [1.165, 1.54) is 11.8 Å². The SMILES string of the molecule is CN[C@H](C(=O)N1C[C@H](O)C[C@H]1C(=O)NC(C(C)=O)c1ccc(-c2ccccc2)cc1)C(C)(C)C. The maximum atomic E-state index is 13.3. The Bertz CT molecular complexity index is 1010. The van der Waals surface area contributed by atoms with E-state index in [0.717, 1.165) is 11.1 Å². The summed E-state index contributed by atoms with van der Waals surface area (Å²) in [4.78, 5) is 40.4. The van der Waals surface area contributed by atoms with Gasteiger partial charge in [-0.15, -0.1) is 0 Å². The Morgan fingerprint density at radius 2 is 1.59 bits per heavy atom. The minimum atomic E-state index is -0.842. The highest BCUT2D eigenvalue weighted by Crippen LogP contribution is 2.27. The van der Waals surface area contributed by atoms with Crippen LogP contribution in [0.5, 0.6) is 0 Å². The molecule has 0 aliphatic carbocycles. The molecule has 0 radical (unpaired) electrons. The van der Waals surface area contributed by atoms with Gasteiger partial charge in [-0.1, -0.05) is 75.4 Å². The number of amides is 2. The summed E-state index contributed by atoms with van der Waals surface area (Å²) in [7, 11) is 1.71. The number of nitrogens with one attached hydrogen (secondary N) is 2. The van der Waals surface area contributed by atoms with E-state index in [2.05, 4.69) is 10.6 Å². The summed E-state index contributed by atoms with van der Waals surface area (Å²) in [6.07, 6.45) is -0.659. The van der Waals surface area contributed by atoms with Gasteiger partial charge >= 0.3 is 0 Å². The van der Waals surface area contributed by atoms with Gasteiger partial charge in [0.2, 0.25) is 11.8 Å². The fraction of sp³-hybridized carbons (Fsp3) is 0.444. The largest absolute Gasteiger partial charge is 0.391 e. The topological polar surface area (TPSA) is 98.7 Å². The monoisotopic (exact) mass is 465 g/mol. The summed E-state index contributed by atoms with van der Waals surface area (Å²) in [6, 6.07) is 15.2. The number of benzene rings is 2. The molecule has 7 nitrogen and oxygen atoms in total. The molecule has 2 aromatic carbocycles. The normalized spacial score (nSPS) is 20.0. The van der Waals surface area contributed by atoms with Crippen LogP contribution < -0.4 is 10.6 Å². The lowest BCUT2D eigenvalue weighted by Gasteiger charge is -2.35. The number of carbonyl (C=O) groups is 3. The molecule has 2 amide bonds. The highest BCUT2D eigenvalue weighted by Gasteiger charge is 2.44. The highest BCUT2D eigenvalue weighted by atomic mass is 16.3. The first kappa shape index (κ1) is 25.6. The Morgan fingerprint density at radius 3 is 2.12 bits per heavy atom. The molecule has 2 aromatic rings. The molecule has 1 aliphatic heterocycles. The van der Waals surface area contributed by atoms with Gasteiger partial charge in [-0.2, -0.15) is 0 Å². The van der Waals surface area contributed by atoms with Crippen LogP contribution in [0.2, 0.25) is 0 Å². The Morgan fingerprint density at radius 1 is 1.00 bits per heavy atom. The van der Waals surface area contributed by atoms with Crippen molar-refractivity contribution in [3.63, 3.8) is 0 Å². The fourth-order valence-corrected chi connectivity index (χ4v) is 4.56. The predicted molar refractivity (Wildman–Crippen MR) is 132 cm³/mol. The lowest BCUT2D eigenvalue weighted by molar-refractivity contribution is -0.142. The maximum Gasteiger partial charge on any atom is 0.243 e. The van der Waals surface area contributed by atoms with Crippen molar-refractivity contribution in [1.29, 1.82) is 0 Å². The van der Waals surface area contributed by atoms with E-state index in [1.54, 1.807) is 7.05 Å². The Hall–Kier alpha value is -3.03. The van der Waals surface area contributed by atoms with Gasteiger partial charge in [0.05, 0.1) is 12.1 Å². The first-order chi connectivity index (χ1) is 16.0. The lowest BCUT2D eigenvalue weighted by atomic mass is 9.86. The van der Waals surface area contributed by atoms with Gasteiger partial charge in [0.25, 0.3) is 0 Å². The third-order valence-corrected chi connectivity index (χ3v) is 6.31. The predicted octanol–water partition coefficient (Wildman–Crippen LogP) is 2.70. The van der Waals surface area contributed by atoms with Crippen LogP contribution in [0.25, 0.3) is 11.1 Å². The summed E-state index contributed by atoms with van der Waals surface area (Å²) in [6.45, 7) is 7.34. The maximum absolute atomic E-state index is 13.3. The number of likely N-dealkylation sites (tertiary alicyclic amines) is 1. The number of aliphatic hydroxyl groups excluding tert-OH is 1. The van der Waals surface area contributed by atoms with E-state index >= 15 is 0 Å². The van der Waals surface area contributed by atoms with Crippen molar-refractivity contribution >= 4 is 17.6 Å². The molecule has 1 unspecified atom stereocenters. The van der Waals surface area contributed by atoms with Gasteiger partial charge in [-0.05, 0) is 36.1 Å². The summed E-state index contributed by atoms with van der Waals surface area (Å²) in [5, 5.41) is 16.1. The van der Waals surface area contributed by atoms with E-state index in [0.29, 0.717) is 5.56 Å². The summed E-state index contributed by atoms with van der Waals surface area (Å²) in [5.41, 5.74) is 2.36. The van der Waals surface area contributed by atoms with Crippen molar-refractivity contribution in [2.24, 2.45) is 5.41 Å². The van der Waals surface area contributed by atoms with Crippen LogP contribution in [0.3, 0.4) is 0 Å². The van der Waals surface area contributed by atoms with Gasteiger partial charge in [-0.25, -0.2) is 0 Å². The van der Waals surface area contributed by atoms with E-state index < -0.39 is 30.1 Å². The fourth-order valence-electron chi connectivity index (χ4n) is 4.56. The minimum Gasteiger partial charge on any atom is -0.391 e. The molecule has 0 spiro atoms. The van der Waals surface area contributed by atoms with Crippen LogP contribution >= 0.6 is 0 Å². The number of Topliss-reactive ketones (excluding diaryl/α,β-unsaturated/α-hetero) is 1. The van der Waals surface area contributed by atoms with Gasteiger partial charge < -0.3 is 20.6 Å². The summed E-state index contributed by atoms with van der Waals surface area (Å²) in [5.74, 6) is -0.890. The molecule has 4 atom stereocenters. The molecule has 0 saturated carbocycles. The van der Waals surface area contributed by atoms with Crippen molar-refractivity contribution < 1.29 is 19.5 Å². The van der Waals surface area contributed by atoms with Crippen molar-refractivity contribution in [2.75, 3.05) is 13.6 Å². The molecule has 182 valence electrons. The number of β-amino-alcohol motifs (C(OH)–C–C–N with tert-alkyl or cyclic N) is 1. The Kier molecular flexibility index (Phi) is 7.89. The van der Waals surface area contributed by atoms with Crippen LogP contribution in [-0.2, 0) is 14.4 Å². The molecule has 3 rings (SSSR count). The van der Waals surface area contributed by atoms with Crippen LogP contribution in [0.1, 0.15) is 45.7 Å². The molecule has 0 aromatic heterocycles. The molecule has 1 saturated heterocycles. The van der Waals surface area contributed by atoms with Gasteiger partial charge in [0.15, 0.2) is 5.78 Å². The molecule has 1 aliphatic rings. The molecule has 0 bridgehead atoms. The van der Waals surface area contributed by atoms with E-state index in [1.807, 2.05) is 75.4 Å². The molecule has 1 heterocycles. The minimum absolute atomic E-state index is 0.0850. The first-order valence-corrected chi connectivity index (χ1v) is 11.6. The second-order valence-electron chi connectivity index (χ2n) is 10.0. The Labute approximate surface area is 201 Å². The molecular weight excluding hydrogens is 430 g/mol. The number of likely N-dealkylation sites (N-methyl/N-ethyl adjacent to an activating group) is 1.